The molecular weight excluding hydrogens is 232 g/mol. The number of rotatable bonds is 3. The number of nitrogens with zero attached hydrogens (tertiary/aromatic N) is 2. The number of fused-ring (bicyclic) bond motifs is 1. The van der Waals surface area contributed by atoms with E-state index < -0.39 is 0 Å². The molecule has 0 aliphatic heterocycles. The number of alkyl halides is 1. The maximum Gasteiger partial charge on any atom is 0.125 e. The van der Waals surface area contributed by atoms with Crippen LogP contribution in [0.5, 0.6) is 0 Å². The Morgan fingerprint density at radius 3 is 2.82 bits per heavy atom. The van der Waals surface area contributed by atoms with Gasteiger partial charge in [-0.1, -0.05) is 18.6 Å². The van der Waals surface area contributed by atoms with Crippen LogP contribution in [-0.2, 0) is 5.88 Å². The SMILES string of the molecule is CC(C1CCC1)n1c(CCl)nc2ccccc21. The normalized spacial score (nSPS) is 18.2. The fourth-order valence-corrected chi connectivity index (χ4v) is 2.96. The molecule has 1 unspecified atom stereocenters. The van der Waals surface area contributed by atoms with Crippen LogP contribution in [0.1, 0.15) is 38.1 Å². The maximum atomic E-state index is 6.03. The van der Waals surface area contributed by atoms with Gasteiger partial charge in [-0.25, -0.2) is 4.98 Å². The van der Waals surface area contributed by atoms with Crippen LogP contribution in [0.3, 0.4) is 0 Å². The molecule has 1 fully saturated rings. The molecule has 1 aromatic heterocycles. The summed E-state index contributed by atoms with van der Waals surface area (Å²) < 4.78 is 2.34. The Balaban J connectivity index is 2.11. The van der Waals surface area contributed by atoms with Gasteiger partial charge in [0, 0.05) is 6.04 Å². The van der Waals surface area contributed by atoms with Gasteiger partial charge in [-0.05, 0) is 37.8 Å². The highest BCUT2D eigenvalue weighted by Crippen LogP contribution is 2.38. The fourth-order valence-electron chi connectivity index (χ4n) is 2.78. The number of halogens is 1. The number of hydrogen-bond donors (Lipinski definition) is 0. The second kappa shape index (κ2) is 4.34. The van der Waals surface area contributed by atoms with Crippen LogP contribution in [0.4, 0.5) is 0 Å². The highest BCUT2D eigenvalue weighted by molar-refractivity contribution is 6.16. The van der Waals surface area contributed by atoms with Crippen LogP contribution in [0.25, 0.3) is 11.0 Å². The lowest BCUT2D eigenvalue weighted by Crippen LogP contribution is -2.23. The Labute approximate surface area is 107 Å². The maximum absolute atomic E-state index is 6.03. The highest BCUT2D eigenvalue weighted by atomic mass is 35.5. The van der Waals surface area contributed by atoms with Crippen molar-refractivity contribution < 1.29 is 0 Å². The summed E-state index contributed by atoms with van der Waals surface area (Å²) in [6, 6.07) is 8.84. The molecule has 90 valence electrons. The van der Waals surface area contributed by atoms with Gasteiger partial charge in [0.15, 0.2) is 0 Å². The first-order valence-electron chi connectivity index (χ1n) is 6.33. The summed E-state index contributed by atoms with van der Waals surface area (Å²) in [5.74, 6) is 2.30. The lowest BCUT2D eigenvalue weighted by atomic mass is 9.80. The minimum Gasteiger partial charge on any atom is -0.324 e. The van der Waals surface area contributed by atoms with Gasteiger partial charge < -0.3 is 4.57 Å². The molecule has 2 aromatic rings. The van der Waals surface area contributed by atoms with Crippen LogP contribution in [0.15, 0.2) is 24.3 Å². The molecule has 3 rings (SSSR count). The Kier molecular flexibility index (Phi) is 2.83. The fraction of sp³-hybridized carbons (Fsp3) is 0.500. The molecule has 0 N–H and O–H groups in total. The van der Waals surface area contributed by atoms with Crippen LogP contribution in [0, 0.1) is 5.92 Å². The quantitative estimate of drug-likeness (QED) is 0.747. The highest BCUT2D eigenvalue weighted by Gasteiger charge is 2.27. The average molecular weight is 249 g/mol. The van der Waals surface area contributed by atoms with Crippen LogP contribution < -0.4 is 0 Å². The minimum atomic E-state index is 0.492. The van der Waals surface area contributed by atoms with E-state index in [1.165, 1.54) is 24.8 Å². The first-order chi connectivity index (χ1) is 8.31. The van der Waals surface area contributed by atoms with E-state index in [4.69, 9.17) is 11.6 Å². The monoisotopic (exact) mass is 248 g/mol. The Morgan fingerprint density at radius 2 is 2.18 bits per heavy atom. The van der Waals surface area contributed by atoms with Crippen LogP contribution in [0.2, 0.25) is 0 Å². The van der Waals surface area contributed by atoms with Gasteiger partial charge in [-0.3, -0.25) is 0 Å². The lowest BCUT2D eigenvalue weighted by Gasteiger charge is -2.33. The molecule has 0 bridgehead atoms. The van der Waals surface area contributed by atoms with E-state index in [0.29, 0.717) is 11.9 Å². The first-order valence-corrected chi connectivity index (χ1v) is 6.86. The Hall–Kier alpha value is -1.02. The molecule has 1 saturated carbocycles. The van der Waals surface area contributed by atoms with E-state index >= 15 is 0 Å². The molecule has 17 heavy (non-hydrogen) atoms. The zero-order chi connectivity index (χ0) is 11.8. The van der Waals surface area contributed by atoms with Crippen molar-refractivity contribution in [3.8, 4) is 0 Å². The van der Waals surface area contributed by atoms with Gasteiger partial charge in [-0.15, -0.1) is 11.6 Å². The molecule has 0 radical (unpaired) electrons. The molecule has 1 heterocycles. The van der Waals surface area contributed by atoms with Crippen molar-refractivity contribution in [3.63, 3.8) is 0 Å². The molecule has 1 atom stereocenters. The molecule has 3 heteroatoms. The van der Waals surface area contributed by atoms with Crippen molar-refractivity contribution in [2.45, 2.75) is 38.1 Å². The molecule has 0 spiro atoms. The molecule has 1 aliphatic rings. The van der Waals surface area contributed by atoms with Crippen molar-refractivity contribution in [3.05, 3.63) is 30.1 Å². The molecule has 0 saturated heterocycles. The summed E-state index contributed by atoms with van der Waals surface area (Å²) in [5.41, 5.74) is 2.29. The first kappa shape index (κ1) is 11.1. The predicted molar refractivity (Wildman–Crippen MR) is 71.3 cm³/mol. The lowest BCUT2D eigenvalue weighted by molar-refractivity contribution is 0.223. The second-order valence-electron chi connectivity index (χ2n) is 4.95. The van der Waals surface area contributed by atoms with Crippen molar-refractivity contribution in [1.82, 2.24) is 9.55 Å². The molecule has 2 nitrogen and oxygen atoms in total. The summed E-state index contributed by atoms with van der Waals surface area (Å²) >= 11 is 6.03. The summed E-state index contributed by atoms with van der Waals surface area (Å²) in [5, 5.41) is 0. The van der Waals surface area contributed by atoms with Crippen LogP contribution >= 0.6 is 11.6 Å². The zero-order valence-corrected chi connectivity index (χ0v) is 10.8. The third-order valence-corrected chi connectivity index (χ3v) is 4.27. The third-order valence-electron chi connectivity index (χ3n) is 4.03. The van der Waals surface area contributed by atoms with Gasteiger partial charge >= 0.3 is 0 Å². The molecule has 1 aliphatic carbocycles. The topological polar surface area (TPSA) is 17.8 Å². The van der Waals surface area contributed by atoms with Crippen molar-refractivity contribution in [2.24, 2.45) is 5.92 Å². The standard InChI is InChI=1S/C14H17ClN2/c1-10(11-5-4-6-11)17-13-8-3-2-7-12(13)16-14(17)9-15/h2-3,7-8,10-11H,4-6,9H2,1H3. The summed E-state index contributed by atoms with van der Waals surface area (Å²) in [6.07, 6.45) is 4.06. The average Bonchev–Trinajstić information content (AvgIpc) is 2.64. The summed E-state index contributed by atoms with van der Waals surface area (Å²) in [6.45, 7) is 2.30. The van der Waals surface area contributed by atoms with Gasteiger partial charge in [0.2, 0.25) is 0 Å². The van der Waals surface area contributed by atoms with Crippen molar-refractivity contribution in [2.75, 3.05) is 0 Å². The summed E-state index contributed by atoms with van der Waals surface area (Å²) in [7, 11) is 0. The van der Waals surface area contributed by atoms with E-state index in [1.54, 1.807) is 0 Å². The number of para-hydroxylation sites is 2. The van der Waals surface area contributed by atoms with E-state index in [0.717, 1.165) is 17.3 Å². The Morgan fingerprint density at radius 1 is 1.41 bits per heavy atom. The van der Waals surface area contributed by atoms with Gasteiger partial charge in [0.1, 0.15) is 5.82 Å². The van der Waals surface area contributed by atoms with Crippen molar-refractivity contribution >= 4 is 22.6 Å². The van der Waals surface area contributed by atoms with Crippen molar-refractivity contribution in [1.29, 1.82) is 0 Å². The van der Waals surface area contributed by atoms with Gasteiger partial charge in [-0.2, -0.15) is 0 Å². The largest absolute Gasteiger partial charge is 0.324 e. The number of imidazole rings is 1. The smallest absolute Gasteiger partial charge is 0.125 e. The number of hydrogen-bond acceptors (Lipinski definition) is 1. The van der Waals surface area contributed by atoms with E-state index in [2.05, 4.69) is 34.7 Å². The minimum absolute atomic E-state index is 0.492. The second-order valence-corrected chi connectivity index (χ2v) is 5.22. The molecule has 1 aromatic carbocycles. The van der Waals surface area contributed by atoms with E-state index in [1.807, 2.05) is 6.07 Å². The van der Waals surface area contributed by atoms with Gasteiger partial charge in [0.25, 0.3) is 0 Å². The van der Waals surface area contributed by atoms with E-state index in [-0.39, 0.29) is 0 Å². The Bertz CT molecular complexity index is 528. The third kappa shape index (κ3) is 1.75. The van der Waals surface area contributed by atoms with Crippen LogP contribution in [-0.4, -0.2) is 9.55 Å². The molecule has 0 amide bonds. The molecular formula is C14H17ClN2. The van der Waals surface area contributed by atoms with Gasteiger partial charge in [0.05, 0.1) is 16.9 Å². The number of benzene rings is 1. The predicted octanol–water partition coefficient (Wildman–Crippen LogP) is 4.14. The zero-order valence-electron chi connectivity index (χ0n) is 10.1. The number of aromatic nitrogens is 2. The summed E-state index contributed by atoms with van der Waals surface area (Å²) in [4.78, 5) is 4.62. The van der Waals surface area contributed by atoms with E-state index in [9.17, 15) is 0 Å².